The van der Waals surface area contributed by atoms with Crippen LogP contribution in [-0.4, -0.2) is 28.1 Å². The van der Waals surface area contributed by atoms with Gasteiger partial charge in [-0.3, -0.25) is 4.79 Å². The van der Waals surface area contributed by atoms with Crippen molar-refractivity contribution in [1.29, 1.82) is 0 Å². The van der Waals surface area contributed by atoms with Gasteiger partial charge in [0.05, 0.1) is 5.56 Å². The molecule has 0 saturated carbocycles. The van der Waals surface area contributed by atoms with E-state index in [4.69, 9.17) is 15.7 Å². The number of hydrogen-bond donors (Lipinski definition) is 2. The number of carboxylic acids is 1. The molecule has 0 bridgehead atoms. The monoisotopic (exact) mass is 304 g/mol. The lowest BCUT2D eigenvalue weighted by Gasteiger charge is -2.04. The molecule has 0 aliphatic carbocycles. The van der Waals surface area contributed by atoms with Gasteiger partial charge in [0.2, 0.25) is 0 Å². The SMILES string of the molecule is Nc1nc(C([C]=O)=NOCc2ccccc2C(=O)O)cs1. The summed E-state index contributed by atoms with van der Waals surface area (Å²) >= 11 is 1.16. The topological polar surface area (TPSA) is 115 Å². The van der Waals surface area contributed by atoms with Gasteiger partial charge in [0.25, 0.3) is 6.29 Å². The Morgan fingerprint density at radius 3 is 2.86 bits per heavy atom. The highest BCUT2D eigenvalue weighted by atomic mass is 32.1. The van der Waals surface area contributed by atoms with Crippen LogP contribution in [0, 0.1) is 0 Å². The predicted octanol–water partition coefficient (Wildman–Crippen LogP) is 1.45. The minimum Gasteiger partial charge on any atom is -0.478 e. The molecule has 8 heteroatoms. The summed E-state index contributed by atoms with van der Waals surface area (Å²) in [6.07, 6.45) is 1.60. The Morgan fingerprint density at radius 1 is 1.48 bits per heavy atom. The number of oxime groups is 1. The first-order valence-electron chi connectivity index (χ1n) is 5.72. The second-order valence-corrected chi connectivity index (χ2v) is 4.74. The van der Waals surface area contributed by atoms with Crippen molar-refractivity contribution in [3.8, 4) is 0 Å². The van der Waals surface area contributed by atoms with Gasteiger partial charge in [-0.2, -0.15) is 0 Å². The molecule has 0 atom stereocenters. The van der Waals surface area contributed by atoms with Gasteiger partial charge >= 0.3 is 5.97 Å². The molecule has 1 heterocycles. The second kappa shape index (κ2) is 6.62. The van der Waals surface area contributed by atoms with Crippen molar-refractivity contribution in [3.05, 3.63) is 46.5 Å². The molecule has 3 N–H and O–H groups in total. The molecule has 2 aromatic rings. The van der Waals surface area contributed by atoms with E-state index >= 15 is 0 Å². The summed E-state index contributed by atoms with van der Waals surface area (Å²) in [5, 5.41) is 14.5. The quantitative estimate of drug-likeness (QED) is 0.616. The van der Waals surface area contributed by atoms with Crippen LogP contribution in [0.2, 0.25) is 0 Å². The Kier molecular flexibility index (Phi) is 4.62. The van der Waals surface area contributed by atoms with Gasteiger partial charge in [0.1, 0.15) is 12.3 Å². The molecule has 107 valence electrons. The van der Waals surface area contributed by atoms with Crippen molar-refractivity contribution in [1.82, 2.24) is 4.98 Å². The molecule has 0 aliphatic rings. The average Bonchev–Trinajstić information content (AvgIpc) is 2.90. The van der Waals surface area contributed by atoms with Gasteiger partial charge in [0.15, 0.2) is 10.8 Å². The summed E-state index contributed by atoms with van der Waals surface area (Å²) in [5.74, 6) is -1.06. The van der Waals surface area contributed by atoms with E-state index in [1.807, 2.05) is 0 Å². The van der Waals surface area contributed by atoms with E-state index in [1.165, 1.54) is 6.07 Å². The van der Waals surface area contributed by atoms with E-state index < -0.39 is 5.97 Å². The maximum atomic E-state index is 11.0. The second-order valence-electron chi connectivity index (χ2n) is 3.85. The Bertz CT molecular complexity index is 696. The van der Waals surface area contributed by atoms with Crippen LogP contribution in [0.4, 0.5) is 5.13 Å². The molecule has 1 aromatic carbocycles. The highest BCUT2D eigenvalue weighted by Gasteiger charge is 2.11. The van der Waals surface area contributed by atoms with Gasteiger partial charge < -0.3 is 15.7 Å². The van der Waals surface area contributed by atoms with E-state index in [-0.39, 0.29) is 23.6 Å². The summed E-state index contributed by atoms with van der Waals surface area (Å²) in [4.78, 5) is 30.7. The molecular formula is C13H10N3O4S. The normalized spacial score (nSPS) is 11.1. The van der Waals surface area contributed by atoms with E-state index in [2.05, 4.69) is 10.1 Å². The molecule has 1 aromatic heterocycles. The van der Waals surface area contributed by atoms with Crippen molar-refractivity contribution in [2.45, 2.75) is 6.61 Å². The Balaban J connectivity index is 2.11. The standard InChI is InChI=1S/C13H10N3O4S/c14-13-15-11(7-21-13)10(5-17)16-20-6-8-3-1-2-4-9(8)12(18)19/h1-4,7H,6H2,(H2,14,15)(H,18,19). The van der Waals surface area contributed by atoms with Crippen molar-refractivity contribution in [2.24, 2.45) is 5.16 Å². The largest absolute Gasteiger partial charge is 0.478 e. The minimum absolute atomic E-state index is 0.0900. The number of nitrogens with two attached hydrogens (primary N) is 1. The van der Waals surface area contributed by atoms with Crippen LogP contribution in [0.3, 0.4) is 0 Å². The van der Waals surface area contributed by atoms with E-state index in [1.54, 1.807) is 29.9 Å². The molecule has 7 nitrogen and oxygen atoms in total. The van der Waals surface area contributed by atoms with Gasteiger partial charge in [0, 0.05) is 10.9 Å². The Labute approximate surface area is 123 Å². The maximum Gasteiger partial charge on any atom is 0.336 e. The zero-order valence-electron chi connectivity index (χ0n) is 10.6. The number of benzene rings is 1. The molecule has 2 rings (SSSR count). The summed E-state index contributed by atoms with van der Waals surface area (Å²) < 4.78 is 0. The van der Waals surface area contributed by atoms with Crippen LogP contribution in [0.25, 0.3) is 0 Å². The summed E-state index contributed by atoms with van der Waals surface area (Å²) in [7, 11) is 0. The number of rotatable bonds is 6. The number of carboxylic acid groups (broad SMARTS) is 1. The van der Waals surface area contributed by atoms with Gasteiger partial charge in [-0.1, -0.05) is 23.4 Å². The molecule has 0 unspecified atom stereocenters. The van der Waals surface area contributed by atoms with Crippen LogP contribution in [0.1, 0.15) is 21.6 Å². The third-order valence-electron chi connectivity index (χ3n) is 2.48. The molecule has 0 fully saturated rings. The molecular weight excluding hydrogens is 294 g/mol. The van der Waals surface area contributed by atoms with Crippen LogP contribution in [-0.2, 0) is 16.2 Å². The summed E-state index contributed by atoms with van der Waals surface area (Å²) in [6, 6.07) is 6.35. The average molecular weight is 304 g/mol. The van der Waals surface area contributed by atoms with Gasteiger partial charge in [-0.05, 0) is 6.07 Å². The molecule has 0 aliphatic heterocycles. The number of nitrogens with zero attached hydrogens (tertiary/aromatic N) is 2. The number of anilines is 1. The molecule has 21 heavy (non-hydrogen) atoms. The van der Waals surface area contributed by atoms with Gasteiger partial charge in [-0.15, -0.1) is 11.3 Å². The first-order valence-corrected chi connectivity index (χ1v) is 6.60. The molecule has 0 saturated heterocycles. The fourth-order valence-corrected chi connectivity index (χ4v) is 2.08. The third-order valence-corrected chi connectivity index (χ3v) is 3.16. The number of aromatic carboxylic acids is 1. The van der Waals surface area contributed by atoms with Crippen molar-refractivity contribution in [2.75, 3.05) is 5.73 Å². The minimum atomic E-state index is -1.06. The maximum absolute atomic E-state index is 11.0. The highest BCUT2D eigenvalue weighted by molar-refractivity contribution is 7.13. The predicted molar refractivity (Wildman–Crippen MR) is 76.9 cm³/mol. The summed E-state index contributed by atoms with van der Waals surface area (Å²) in [6.45, 7) is -0.0900. The smallest absolute Gasteiger partial charge is 0.336 e. The summed E-state index contributed by atoms with van der Waals surface area (Å²) in [5.41, 5.74) is 6.15. The van der Waals surface area contributed by atoms with Gasteiger partial charge in [-0.25, -0.2) is 9.78 Å². The third kappa shape index (κ3) is 3.63. The number of nitrogen functional groups attached to an aromatic ring is 1. The fourth-order valence-electron chi connectivity index (χ4n) is 1.54. The number of aromatic nitrogens is 1. The first kappa shape index (κ1) is 14.7. The lowest BCUT2D eigenvalue weighted by molar-refractivity contribution is 0.0688. The highest BCUT2D eigenvalue weighted by Crippen LogP contribution is 2.13. The molecule has 0 amide bonds. The van der Waals surface area contributed by atoms with E-state index in [9.17, 15) is 9.59 Å². The van der Waals surface area contributed by atoms with E-state index in [0.717, 1.165) is 11.3 Å². The van der Waals surface area contributed by atoms with Crippen molar-refractivity contribution < 1.29 is 19.5 Å². The van der Waals surface area contributed by atoms with Crippen LogP contribution in [0.5, 0.6) is 0 Å². The number of hydrogen-bond acceptors (Lipinski definition) is 7. The van der Waals surface area contributed by atoms with Crippen LogP contribution in [0.15, 0.2) is 34.8 Å². The number of carbonyl (C=O) groups excluding carboxylic acids is 1. The number of carbonyl (C=O) groups is 1. The molecule has 1 radical (unpaired) electrons. The first-order chi connectivity index (χ1) is 10.1. The zero-order valence-corrected chi connectivity index (χ0v) is 11.5. The lowest BCUT2D eigenvalue weighted by atomic mass is 10.1. The van der Waals surface area contributed by atoms with Crippen molar-refractivity contribution >= 4 is 34.4 Å². The van der Waals surface area contributed by atoms with E-state index in [0.29, 0.717) is 10.7 Å². The fraction of sp³-hybridized carbons (Fsp3) is 0.0769. The number of thiazole rings is 1. The Hall–Kier alpha value is -2.74. The van der Waals surface area contributed by atoms with Crippen molar-refractivity contribution in [3.63, 3.8) is 0 Å². The Morgan fingerprint density at radius 2 is 2.24 bits per heavy atom. The lowest BCUT2D eigenvalue weighted by Crippen LogP contribution is -2.06. The van der Waals surface area contributed by atoms with Crippen LogP contribution < -0.4 is 5.73 Å². The molecule has 0 spiro atoms. The van der Waals surface area contributed by atoms with Crippen LogP contribution >= 0.6 is 11.3 Å². The zero-order chi connectivity index (χ0) is 15.2.